The van der Waals surface area contributed by atoms with Crippen molar-refractivity contribution in [3.8, 4) is 44.5 Å². The van der Waals surface area contributed by atoms with E-state index < -0.39 is 0 Å². The van der Waals surface area contributed by atoms with E-state index in [0.29, 0.717) is 0 Å². The molecular weight excluding hydrogens is 655 g/mol. The topological polar surface area (TPSA) is 16.4 Å². The number of nitrogens with zero attached hydrogens (tertiary/aromatic N) is 1. The molecule has 1 aromatic heterocycles. The largest absolute Gasteiger partial charge is 0.456 e. The average Bonchev–Trinajstić information content (AvgIpc) is 3.61. The van der Waals surface area contributed by atoms with Gasteiger partial charge in [0.2, 0.25) is 0 Å². The molecule has 2 nitrogen and oxygen atoms in total. The van der Waals surface area contributed by atoms with E-state index in [4.69, 9.17) is 4.42 Å². The lowest BCUT2D eigenvalue weighted by atomic mass is 9.94. The molecular formula is C52H35NO. The van der Waals surface area contributed by atoms with Crippen LogP contribution in [-0.4, -0.2) is 0 Å². The van der Waals surface area contributed by atoms with Crippen molar-refractivity contribution in [2.45, 2.75) is 0 Å². The Labute approximate surface area is 314 Å². The Morgan fingerprint density at radius 1 is 0.296 bits per heavy atom. The van der Waals surface area contributed by atoms with E-state index in [-0.39, 0.29) is 0 Å². The molecule has 0 aliphatic carbocycles. The average molecular weight is 690 g/mol. The first-order valence-corrected chi connectivity index (χ1v) is 18.4. The minimum atomic E-state index is 0.886. The molecule has 0 atom stereocenters. The van der Waals surface area contributed by atoms with Crippen LogP contribution >= 0.6 is 0 Å². The summed E-state index contributed by atoms with van der Waals surface area (Å²) < 4.78 is 6.42. The van der Waals surface area contributed by atoms with Crippen LogP contribution in [0.5, 0.6) is 0 Å². The van der Waals surface area contributed by atoms with Gasteiger partial charge in [0, 0.05) is 27.6 Å². The molecule has 0 aliphatic heterocycles. The highest BCUT2D eigenvalue weighted by atomic mass is 16.3. The summed E-state index contributed by atoms with van der Waals surface area (Å²) in [6.45, 7) is 0. The fourth-order valence-electron chi connectivity index (χ4n) is 7.80. The van der Waals surface area contributed by atoms with Crippen LogP contribution in [0.2, 0.25) is 0 Å². The number of benzene rings is 9. The summed E-state index contributed by atoms with van der Waals surface area (Å²) in [6, 6.07) is 76.0. The van der Waals surface area contributed by atoms with Crippen molar-refractivity contribution < 1.29 is 4.42 Å². The minimum Gasteiger partial charge on any atom is -0.456 e. The standard InChI is InChI=1S/C52H35NO/c1-4-15-36(16-5-1)39-23-14-24-44(31-39)53(50-29-27-42(37-17-6-2-7-18-37)32-46(50)38-19-8-3-9-20-38)49-26-13-12-25-45(49)43-28-30-51-47(34-43)48-33-40-21-10-11-22-41(40)35-52(48)54-51/h1-35H. The van der Waals surface area contributed by atoms with Gasteiger partial charge in [-0.3, -0.25) is 0 Å². The lowest BCUT2D eigenvalue weighted by Gasteiger charge is -2.30. The Morgan fingerprint density at radius 2 is 0.852 bits per heavy atom. The third-order valence-electron chi connectivity index (χ3n) is 10.4. The molecule has 0 saturated carbocycles. The summed E-state index contributed by atoms with van der Waals surface area (Å²) >= 11 is 0. The van der Waals surface area contributed by atoms with Gasteiger partial charge in [-0.15, -0.1) is 0 Å². The number of anilines is 3. The van der Waals surface area contributed by atoms with Crippen LogP contribution in [0, 0.1) is 0 Å². The van der Waals surface area contributed by atoms with Crippen LogP contribution < -0.4 is 4.90 Å². The number of hydrogen-bond donors (Lipinski definition) is 0. The summed E-state index contributed by atoms with van der Waals surface area (Å²) in [4.78, 5) is 2.43. The molecule has 10 rings (SSSR count). The van der Waals surface area contributed by atoms with Crippen molar-refractivity contribution >= 4 is 49.8 Å². The summed E-state index contributed by atoms with van der Waals surface area (Å²) in [5, 5.41) is 4.61. The summed E-state index contributed by atoms with van der Waals surface area (Å²) in [6.07, 6.45) is 0. The highest BCUT2D eigenvalue weighted by Gasteiger charge is 2.22. The number of hydrogen-bond acceptors (Lipinski definition) is 2. The zero-order valence-corrected chi connectivity index (χ0v) is 29.6. The molecule has 254 valence electrons. The van der Waals surface area contributed by atoms with Crippen LogP contribution in [0.15, 0.2) is 217 Å². The van der Waals surface area contributed by atoms with E-state index in [0.717, 1.165) is 66.8 Å². The van der Waals surface area contributed by atoms with Crippen molar-refractivity contribution in [2.24, 2.45) is 0 Å². The quantitative estimate of drug-likeness (QED) is 0.166. The molecule has 9 aromatic carbocycles. The van der Waals surface area contributed by atoms with Gasteiger partial charge < -0.3 is 9.32 Å². The van der Waals surface area contributed by atoms with E-state index in [9.17, 15) is 0 Å². The first-order chi connectivity index (χ1) is 26.8. The molecule has 0 fully saturated rings. The predicted octanol–water partition coefficient (Wildman–Crippen LogP) is 14.9. The maximum absolute atomic E-state index is 6.42. The van der Waals surface area contributed by atoms with Gasteiger partial charge in [0.25, 0.3) is 0 Å². The maximum Gasteiger partial charge on any atom is 0.136 e. The Hall–Kier alpha value is -7.16. The molecule has 2 heteroatoms. The van der Waals surface area contributed by atoms with E-state index in [1.54, 1.807) is 0 Å². The smallest absolute Gasteiger partial charge is 0.136 e. The minimum absolute atomic E-state index is 0.886. The van der Waals surface area contributed by atoms with Gasteiger partial charge in [-0.1, -0.05) is 158 Å². The third kappa shape index (κ3) is 5.71. The number of furan rings is 1. The second kappa shape index (κ2) is 13.4. The zero-order valence-electron chi connectivity index (χ0n) is 29.6. The van der Waals surface area contributed by atoms with E-state index in [2.05, 4.69) is 217 Å². The molecule has 0 N–H and O–H groups in total. The summed E-state index contributed by atoms with van der Waals surface area (Å²) in [5.41, 5.74) is 14.3. The number of fused-ring (bicyclic) bond motifs is 4. The molecule has 0 radical (unpaired) electrons. The SMILES string of the molecule is c1ccc(-c2cccc(N(c3ccccc3-c3ccc4oc5cc6ccccc6cc5c4c3)c3ccc(-c4ccccc4)cc3-c3ccccc3)c2)cc1. The van der Waals surface area contributed by atoms with E-state index in [1.165, 1.54) is 27.5 Å². The molecule has 10 aromatic rings. The van der Waals surface area contributed by atoms with Crippen molar-refractivity contribution in [2.75, 3.05) is 4.90 Å². The predicted molar refractivity (Wildman–Crippen MR) is 228 cm³/mol. The molecule has 0 spiro atoms. The van der Waals surface area contributed by atoms with Gasteiger partial charge in [0.1, 0.15) is 11.2 Å². The van der Waals surface area contributed by atoms with Gasteiger partial charge in [-0.25, -0.2) is 0 Å². The van der Waals surface area contributed by atoms with Crippen molar-refractivity contribution in [1.29, 1.82) is 0 Å². The van der Waals surface area contributed by atoms with Crippen molar-refractivity contribution in [3.63, 3.8) is 0 Å². The van der Waals surface area contributed by atoms with Gasteiger partial charge in [-0.05, 0) is 98.8 Å². The van der Waals surface area contributed by atoms with Gasteiger partial charge >= 0.3 is 0 Å². The van der Waals surface area contributed by atoms with Crippen molar-refractivity contribution in [3.05, 3.63) is 212 Å². The molecule has 0 saturated heterocycles. The normalized spacial score (nSPS) is 11.3. The molecule has 0 bridgehead atoms. The third-order valence-corrected chi connectivity index (χ3v) is 10.4. The molecule has 0 aliphatic rings. The fourth-order valence-corrected chi connectivity index (χ4v) is 7.80. The lowest BCUT2D eigenvalue weighted by molar-refractivity contribution is 0.669. The van der Waals surface area contributed by atoms with Crippen LogP contribution in [-0.2, 0) is 0 Å². The Balaban J connectivity index is 1.21. The Morgan fingerprint density at radius 3 is 1.59 bits per heavy atom. The first-order valence-electron chi connectivity index (χ1n) is 18.4. The summed E-state index contributed by atoms with van der Waals surface area (Å²) in [5.74, 6) is 0. The fraction of sp³-hybridized carbons (Fsp3) is 0. The van der Waals surface area contributed by atoms with Gasteiger partial charge in [0.05, 0.1) is 11.4 Å². The van der Waals surface area contributed by atoms with E-state index in [1.807, 2.05) is 0 Å². The number of para-hydroxylation sites is 1. The van der Waals surface area contributed by atoms with Gasteiger partial charge in [-0.2, -0.15) is 0 Å². The van der Waals surface area contributed by atoms with Crippen LogP contribution in [0.3, 0.4) is 0 Å². The monoisotopic (exact) mass is 689 g/mol. The maximum atomic E-state index is 6.42. The van der Waals surface area contributed by atoms with Crippen molar-refractivity contribution in [1.82, 2.24) is 0 Å². The van der Waals surface area contributed by atoms with E-state index >= 15 is 0 Å². The van der Waals surface area contributed by atoms with Crippen LogP contribution in [0.1, 0.15) is 0 Å². The first kappa shape index (κ1) is 31.6. The number of rotatable bonds is 7. The highest BCUT2D eigenvalue weighted by molar-refractivity contribution is 6.11. The van der Waals surface area contributed by atoms with Crippen LogP contribution in [0.4, 0.5) is 17.1 Å². The molecule has 0 amide bonds. The second-order valence-corrected chi connectivity index (χ2v) is 13.7. The second-order valence-electron chi connectivity index (χ2n) is 13.7. The zero-order chi connectivity index (χ0) is 35.8. The summed E-state index contributed by atoms with van der Waals surface area (Å²) in [7, 11) is 0. The van der Waals surface area contributed by atoms with Gasteiger partial charge in [0.15, 0.2) is 0 Å². The molecule has 1 heterocycles. The Bertz CT molecular complexity index is 2930. The molecule has 0 unspecified atom stereocenters. The highest BCUT2D eigenvalue weighted by Crippen LogP contribution is 2.47. The lowest BCUT2D eigenvalue weighted by Crippen LogP contribution is -2.12. The molecule has 54 heavy (non-hydrogen) atoms. The van der Waals surface area contributed by atoms with Crippen LogP contribution in [0.25, 0.3) is 77.2 Å². The Kier molecular flexibility index (Phi) is 7.85.